The van der Waals surface area contributed by atoms with Crippen molar-refractivity contribution >= 4 is 17.5 Å². The third-order valence-corrected chi connectivity index (χ3v) is 6.98. The van der Waals surface area contributed by atoms with Crippen LogP contribution in [0.1, 0.15) is 34.8 Å². The summed E-state index contributed by atoms with van der Waals surface area (Å²) >= 11 is 0. The van der Waals surface area contributed by atoms with Gasteiger partial charge in [0.1, 0.15) is 5.75 Å². The second-order valence-electron chi connectivity index (χ2n) is 9.92. The summed E-state index contributed by atoms with van der Waals surface area (Å²) in [6.07, 6.45) is -1.86. The highest BCUT2D eigenvalue weighted by Gasteiger charge is 2.54. The largest absolute Gasteiger partial charge is 0.494 e. The number of aliphatic hydroxyl groups is 3. The average Bonchev–Trinajstić information content (AvgIpc) is 3.44. The van der Waals surface area contributed by atoms with Gasteiger partial charge in [-0.05, 0) is 52.0 Å². The van der Waals surface area contributed by atoms with Crippen molar-refractivity contribution in [3.63, 3.8) is 0 Å². The first-order valence-corrected chi connectivity index (χ1v) is 13.8. The van der Waals surface area contributed by atoms with Crippen molar-refractivity contribution in [1.82, 2.24) is 5.32 Å². The number of ether oxygens (including phenoxy) is 2. The van der Waals surface area contributed by atoms with Gasteiger partial charge in [-0.15, -0.1) is 0 Å². The van der Waals surface area contributed by atoms with Gasteiger partial charge in [-0.25, -0.2) is 4.99 Å². The first-order chi connectivity index (χ1) is 21.4. The normalized spacial score (nSPS) is 17.8. The summed E-state index contributed by atoms with van der Waals surface area (Å²) in [5, 5.41) is 38.7. The van der Waals surface area contributed by atoms with Gasteiger partial charge in [0.25, 0.3) is 5.91 Å². The fraction of sp³-hybridized carbons (Fsp3) is 0.333. The van der Waals surface area contributed by atoms with Crippen molar-refractivity contribution in [2.75, 3.05) is 26.4 Å². The number of nitrogens with zero attached hydrogens (tertiary/aromatic N) is 7. The van der Waals surface area contributed by atoms with Crippen LogP contribution >= 0.6 is 0 Å². The molecule has 3 aromatic carbocycles. The van der Waals surface area contributed by atoms with E-state index < -0.39 is 30.3 Å². The Morgan fingerprint density at radius 2 is 1.77 bits per heavy atom. The molecule has 14 heteroatoms. The van der Waals surface area contributed by atoms with E-state index >= 15 is 0 Å². The minimum Gasteiger partial charge on any atom is -0.494 e. The van der Waals surface area contributed by atoms with Gasteiger partial charge in [0.2, 0.25) is 5.90 Å². The molecular formula is C30H32N8O6. The number of azide groups is 2. The third-order valence-electron chi connectivity index (χ3n) is 6.98. The first-order valence-electron chi connectivity index (χ1n) is 13.8. The van der Waals surface area contributed by atoms with Crippen molar-refractivity contribution in [2.24, 2.45) is 15.2 Å². The number of amides is 1. The van der Waals surface area contributed by atoms with Crippen LogP contribution < -0.4 is 10.1 Å². The topological polar surface area (TPSA) is 218 Å². The maximum Gasteiger partial charge on any atom is 0.252 e. The summed E-state index contributed by atoms with van der Waals surface area (Å²) in [5.41, 5.74) is 19.0. The van der Waals surface area contributed by atoms with E-state index in [-0.39, 0.29) is 32.0 Å². The highest BCUT2D eigenvalue weighted by atomic mass is 16.5. The molecule has 3 atom stereocenters. The Morgan fingerprint density at radius 1 is 1.05 bits per heavy atom. The summed E-state index contributed by atoms with van der Waals surface area (Å²) in [4.78, 5) is 24.9. The SMILES string of the molecule is [N-]=[N+]=NCc1ccccc1[C@H]1OC(c2ccc(OCCCO)cc2)=N[C@@]1(Cc1ccccc1N=[N+]=[N-])C(=O)NCC(O)CO. The lowest BCUT2D eigenvalue weighted by atomic mass is 9.80. The number of nitrogens with one attached hydrogen (secondary N) is 1. The zero-order valence-corrected chi connectivity index (χ0v) is 23.7. The van der Waals surface area contributed by atoms with E-state index in [1.807, 2.05) is 0 Å². The molecule has 1 aliphatic heterocycles. The predicted octanol–water partition coefficient (Wildman–Crippen LogP) is 4.17. The summed E-state index contributed by atoms with van der Waals surface area (Å²) in [5.74, 6) is 0.111. The van der Waals surface area contributed by atoms with Gasteiger partial charge in [0.05, 0.1) is 25.9 Å². The molecule has 0 spiro atoms. The molecule has 3 aromatic rings. The molecule has 1 aliphatic rings. The molecule has 0 fully saturated rings. The minimum absolute atomic E-state index is 0.00750. The van der Waals surface area contributed by atoms with Crippen LogP contribution in [0.15, 0.2) is 88.0 Å². The van der Waals surface area contributed by atoms with Crippen LogP contribution in [0.4, 0.5) is 5.69 Å². The number of aliphatic hydroxyl groups excluding tert-OH is 3. The van der Waals surface area contributed by atoms with Crippen molar-refractivity contribution < 1.29 is 29.6 Å². The molecule has 44 heavy (non-hydrogen) atoms. The summed E-state index contributed by atoms with van der Waals surface area (Å²) in [7, 11) is 0. The maximum atomic E-state index is 14.2. The molecule has 0 radical (unpaired) electrons. The zero-order valence-electron chi connectivity index (χ0n) is 23.7. The Hall–Kier alpha value is -5.10. The van der Waals surface area contributed by atoms with Crippen LogP contribution in [0.2, 0.25) is 0 Å². The smallest absolute Gasteiger partial charge is 0.252 e. The maximum absolute atomic E-state index is 14.2. The van der Waals surface area contributed by atoms with Crippen molar-refractivity contribution in [2.45, 2.75) is 37.1 Å². The molecule has 14 nitrogen and oxygen atoms in total. The highest BCUT2D eigenvalue weighted by Crippen LogP contribution is 2.44. The van der Waals surface area contributed by atoms with Gasteiger partial charge in [-0.2, -0.15) is 0 Å². The van der Waals surface area contributed by atoms with E-state index in [2.05, 4.69) is 25.4 Å². The quantitative estimate of drug-likeness (QED) is 0.0867. The molecule has 0 saturated heterocycles. The van der Waals surface area contributed by atoms with E-state index in [0.717, 1.165) is 0 Å². The standard InChI is InChI=1S/C30H32N8O6/c31-37-34-17-22-7-1-3-8-25(22)27-30(29(42)33-18-23(41)19-40,16-21-6-2-4-9-26(21)36-38-32)35-28(44-27)20-10-12-24(13-11-20)43-15-5-14-39/h1-4,6-13,23,27,39-41H,5,14-19H2,(H,33,42)/t23?,27-,30-/m1/s1. The number of benzene rings is 3. The van der Waals surface area contributed by atoms with Crippen LogP contribution in [0, 0.1) is 0 Å². The number of rotatable bonds is 15. The molecule has 0 aliphatic carbocycles. The van der Waals surface area contributed by atoms with Gasteiger partial charge in [-0.1, -0.05) is 58.8 Å². The molecule has 228 valence electrons. The van der Waals surface area contributed by atoms with E-state index in [1.165, 1.54) is 0 Å². The lowest BCUT2D eigenvalue weighted by Crippen LogP contribution is -2.51. The van der Waals surface area contributed by atoms with Crippen LogP contribution in [-0.4, -0.2) is 65.1 Å². The summed E-state index contributed by atoms with van der Waals surface area (Å²) in [6, 6.07) is 20.7. The van der Waals surface area contributed by atoms with Gasteiger partial charge in [-0.3, -0.25) is 4.79 Å². The van der Waals surface area contributed by atoms with Crippen molar-refractivity contribution in [1.29, 1.82) is 0 Å². The molecule has 1 heterocycles. The number of carbonyl (C=O) groups excluding carboxylic acids is 1. The summed E-state index contributed by atoms with van der Waals surface area (Å²) < 4.78 is 12.1. The Balaban J connectivity index is 1.88. The first kappa shape index (κ1) is 31.8. The summed E-state index contributed by atoms with van der Waals surface area (Å²) in [6.45, 7) is -0.494. The van der Waals surface area contributed by atoms with Gasteiger partial charge < -0.3 is 30.1 Å². The lowest BCUT2D eigenvalue weighted by molar-refractivity contribution is -0.129. The van der Waals surface area contributed by atoms with Gasteiger partial charge in [0, 0.05) is 47.1 Å². The third kappa shape index (κ3) is 7.45. The molecule has 0 bridgehead atoms. The number of aliphatic imine (C=N–C) groups is 1. The predicted molar refractivity (Wildman–Crippen MR) is 161 cm³/mol. The molecule has 4 N–H and O–H groups in total. The van der Waals surface area contributed by atoms with Gasteiger partial charge >= 0.3 is 0 Å². The Kier molecular flexibility index (Phi) is 11.1. The minimum atomic E-state index is -1.70. The monoisotopic (exact) mass is 600 g/mol. The van der Waals surface area contributed by atoms with E-state index in [1.54, 1.807) is 72.8 Å². The molecule has 4 rings (SSSR count). The number of hydrogen-bond acceptors (Lipinski definition) is 9. The van der Waals surface area contributed by atoms with Crippen LogP contribution in [0.25, 0.3) is 20.9 Å². The Bertz CT molecular complexity index is 1570. The van der Waals surface area contributed by atoms with E-state index in [4.69, 9.17) is 25.1 Å². The Labute approximate surface area is 252 Å². The van der Waals surface area contributed by atoms with Crippen LogP contribution in [-0.2, 0) is 22.5 Å². The Morgan fingerprint density at radius 3 is 2.48 bits per heavy atom. The zero-order chi connectivity index (χ0) is 31.4. The molecule has 0 saturated carbocycles. The van der Waals surface area contributed by atoms with Crippen molar-refractivity contribution in [3.8, 4) is 5.75 Å². The molecular weight excluding hydrogens is 568 g/mol. The van der Waals surface area contributed by atoms with E-state index in [0.29, 0.717) is 46.7 Å². The van der Waals surface area contributed by atoms with Crippen LogP contribution in [0.3, 0.4) is 0 Å². The van der Waals surface area contributed by atoms with Crippen LogP contribution in [0.5, 0.6) is 5.75 Å². The lowest BCUT2D eigenvalue weighted by Gasteiger charge is -2.32. The van der Waals surface area contributed by atoms with E-state index in [9.17, 15) is 20.5 Å². The molecule has 1 unspecified atom stereocenters. The number of hydrogen-bond donors (Lipinski definition) is 4. The fourth-order valence-electron chi connectivity index (χ4n) is 4.83. The second-order valence-corrected chi connectivity index (χ2v) is 9.92. The highest BCUT2D eigenvalue weighted by molar-refractivity contribution is 6.01. The molecule has 0 aromatic heterocycles. The molecule has 1 amide bonds. The fourth-order valence-corrected chi connectivity index (χ4v) is 4.83. The van der Waals surface area contributed by atoms with Crippen molar-refractivity contribution in [3.05, 3.63) is 116 Å². The number of carbonyl (C=O) groups is 1. The average molecular weight is 601 g/mol. The van der Waals surface area contributed by atoms with Gasteiger partial charge in [0.15, 0.2) is 11.6 Å². The second kappa shape index (κ2) is 15.4.